The van der Waals surface area contributed by atoms with Gasteiger partial charge in [0.25, 0.3) is 0 Å². The van der Waals surface area contributed by atoms with Crippen molar-refractivity contribution in [3.05, 3.63) is 0 Å². The Kier molecular flexibility index (Phi) is 6.05. The summed E-state index contributed by atoms with van der Waals surface area (Å²) < 4.78 is 0. The lowest BCUT2D eigenvalue weighted by Gasteiger charge is -2.02. The molecule has 5 nitrogen and oxygen atoms in total. The second-order valence-electron chi connectivity index (χ2n) is 1.68. The molecule has 5 heteroatoms. The van der Waals surface area contributed by atoms with Crippen LogP contribution in [0.2, 0.25) is 0 Å². The van der Waals surface area contributed by atoms with Crippen LogP contribution in [0.3, 0.4) is 0 Å². The predicted octanol–water partition coefficient (Wildman–Crippen LogP) is -2.18. The molecule has 0 saturated carbocycles. The smallest absolute Gasteiger partial charge is 0.245 e. The van der Waals surface area contributed by atoms with E-state index in [1.54, 1.807) is 7.05 Å². The van der Waals surface area contributed by atoms with Crippen LogP contribution in [0.25, 0.3) is 0 Å². The van der Waals surface area contributed by atoms with E-state index in [0.29, 0.717) is 13.1 Å². The van der Waals surface area contributed by atoms with Crippen LogP contribution >= 0.6 is 0 Å². The molecule has 0 aliphatic carbocycles. The third-order valence-corrected chi connectivity index (χ3v) is 0.893. The third kappa shape index (κ3) is 5.49. The van der Waals surface area contributed by atoms with Gasteiger partial charge in [0.1, 0.15) is 6.61 Å². The van der Waals surface area contributed by atoms with Gasteiger partial charge in [0, 0.05) is 13.1 Å². The predicted molar refractivity (Wildman–Crippen MR) is 37.2 cm³/mol. The molecule has 60 valence electrons. The molecule has 0 heterocycles. The quantitative estimate of drug-likeness (QED) is 0.263. The molecule has 4 N–H and O–H groups in total. The van der Waals surface area contributed by atoms with Crippen molar-refractivity contribution >= 4 is 5.91 Å². The Labute approximate surface area is 59.8 Å². The SMILES string of the molecule is CNNCCNC(=O)CO. The highest BCUT2D eigenvalue weighted by atomic mass is 16.3. The first-order valence-corrected chi connectivity index (χ1v) is 3.08. The zero-order valence-electron chi connectivity index (χ0n) is 5.98. The highest BCUT2D eigenvalue weighted by molar-refractivity contribution is 5.76. The molecular formula is C5H13N3O2. The zero-order valence-corrected chi connectivity index (χ0v) is 5.98. The summed E-state index contributed by atoms with van der Waals surface area (Å²) in [4.78, 5) is 10.4. The van der Waals surface area contributed by atoms with Crippen molar-refractivity contribution in [3.8, 4) is 0 Å². The maximum absolute atomic E-state index is 10.4. The molecule has 0 unspecified atom stereocenters. The van der Waals surface area contributed by atoms with Crippen molar-refractivity contribution < 1.29 is 9.90 Å². The number of nitrogens with one attached hydrogen (secondary N) is 3. The molecule has 0 spiro atoms. The molecule has 1 amide bonds. The van der Waals surface area contributed by atoms with Crippen molar-refractivity contribution in [2.24, 2.45) is 0 Å². The monoisotopic (exact) mass is 147 g/mol. The van der Waals surface area contributed by atoms with E-state index in [9.17, 15) is 4.79 Å². The molecule has 0 atom stereocenters. The molecule has 0 radical (unpaired) electrons. The van der Waals surface area contributed by atoms with Crippen LogP contribution in [-0.4, -0.2) is 37.8 Å². The molecule has 0 aliphatic heterocycles. The molecule has 0 aromatic carbocycles. The van der Waals surface area contributed by atoms with Crippen LogP contribution in [0.5, 0.6) is 0 Å². The minimum atomic E-state index is -0.445. The van der Waals surface area contributed by atoms with Gasteiger partial charge in [0.05, 0.1) is 0 Å². The fourth-order valence-corrected chi connectivity index (χ4v) is 0.445. The van der Waals surface area contributed by atoms with E-state index in [2.05, 4.69) is 16.2 Å². The molecule has 0 fully saturated rings. The standard InChI is InChI=1S/C5H13N3O2/c1-6-8-3-2-7-5(10)4-9/h6,8-9H,2-4H2,1H3,(H,7,10). The van der Waals surface area contributed by atoms with Crippen molar-refractivity contribution in [2.75, 3.05) is 26.7 Å². The number of carbonyl (C=O) groups excluding carboxylic acids is 1. The molecular weight excluding hydrogens is 134 g/mol. The third-order valence-electron chi connectivity index (χ3n) is 0.893. The van der Waals surface area contributed by atoms with E-state index in [1.165, 1.54) is 0 Å². The molecule has 0 aliphatic rings. The van der Waals surface area contributed by atoms with Gasteiger partial charge in [-0.1, -0.05) is 0 Å². The number of hydrogen-bond donors (Lipinski definition) is 4. The highest BCUT2D eigenvalue weighted by Gasteiger charge is 1.93. The fourth-order valence-electron chi connectivity index (χ4n) is 0.445. The van der Waals surface area contributed by atoms with E-state index in [-0.39, 0.29) is 5.91 Å². The zero-order chi connectivity index (χ0) is 7.82. The average Bonchev–Trinajstić information content (AvgIpc) is 1.98. The minimum Gasteiger partial charge on any atom is -0.387 e. The highest BCUT2D eigenvalue weighted by Crippen LogP contribution is 1.60. The number of aliphatic hydroxyl groups is 1. The Bertz CT molecular complexity index is 96.9. The van der Waals surface area contributed by atoms with Crippen LogP contribution < -0.4 is 16.2 Å². The topological polar surface area (TPSA) is 73.4 Å². The van der Waals surface area contributed by atoms with Gasteiger partial charge in [0.2, 0.25) is 5.91 Å². The van der Waals surface area contributed by atoms with Gasteiger partial charge in [-0.2, -0.15) is 0 Å². The van der Waals surface area contributed by atoms with Crippen molar-refractivity contribution in [2.45, 2.75) is 0 Å². The van der Waals surface area contributed by atoms with Gasteiger partial charge >= 0.3 is 0 Å². The number of hydrogen-bond acceptors (Lipinski definition) is 4. The number of hydrazine groups is 1. The summed E-state index contributed by atoms with van der Waals surface area (Å²) in [6, 6.07) is 0. The first-order valence-electron chi connectivity index (χ1n) is 3.08. The lowest BCUT2D eigenvalue weighted by atomic mass is 10.6. The van der Waals surface area contributed by atoms with Crippen LogP contribution in [-0.2, 0) is 4.79 Å². The number of aliphatic hydroxyl groups excluding tert-OH is 1. The summed E-state index contributed by atoms with van der Waals surface area (Å²) in [5.41, 5.74) is 5.48. The maximum atomic E-state index is 10.4. The number of carbonyl (C=O) groups is 1. The Morgan fingerprint density at radius 1 is 1.50 bits per heavy atom. The second-order valence-corrected chi connectivity index (χ2v) is 1.68. The Morgan fingerprint density at radius 3 is 2.70 bits per heavy atom. The summed E-state index contributed by atoms with van der Waals surface area (Å²) in [6.45, 7) is 0.710. The summed E-state index contributed by atoms with van der Waals surface area (Å²) in [6.07, 6.45) is 0. The molecule has 10 heavy (non-hydrogen) atoms. The van der Waals surface area contributed by atoms with Crippen molar-refractivity contribution in [1.29, 1.82) is 0 Å². The molecule has 0 aromatic heterocycles. The van der Waals surface area contributed by atoms with Gasteiger partial charge in [-0.25, -0.2) is 0 Å². The van der Waals surface area contributed by atoms with Gasteiger partial charge in [-0.3, -0.25) is 15.6 Å². The molecule has 0 saturated heterocycles. The van der Waals surface area contributed by atoms with E-state index < -0.39 is 6.61 Å². The van der Waals surface area contributed by atoms with Gasteiger partial charge in [-0.15, -0.1) is 0 Å². The van der Waals surface area contributed by atoms with Crippen molar-refractivity contribution in [3.63, 3.8) is 0 Å². The minimum absolute atomic E-state index is 0.349. The number of rotatable bonds is 5. The van der Waals surface area contributed by atoms with E-state index in [0.717, 1.165) is 0 Å². The molecule has 0 rings (SSSR count). The first-order chi connectivity index (χ1) is 4.81. The number of amides is 1. The maximum Gasteiger partial charge on any atom is 0.245 e. The average molecular weight is 147 g/mol. The second kappa shape index (κ2) is 6.47. The van der Waals surface area contributed by atoms with Crippen molar-refractivity contribution in [1.82, 2.24) is 16.2 Å². The summed E-state index contributed by atoms with van der Waals surface area (Å²) in [7, 11) is 1.74. The van der Waals surface area contributed by atoms with Crippen LogP contribution in [0.1, 0.15) is 0 Å². The van der Waals surface area contributed by atoms with E-state index >= 15 is 0 Å². The van der Waals surface area contributed by atoms with Crippen LogP contribution in [0, 0.1) is 0 Å². The van der Waals surface area contributed by atoms with Gasteiger partial charge in [0.15, 0.2) is 0 Å². The van der Waals surface area contributed by atoms with E-state index in [4.69, 9.17) is 5.11 Å². The Hall–Kier alpha value is -0.650. The molecule has 0 bridgehead atoms. The summed E-state index contributed by atoms with van der Waals surface area (Å²) in [5.74, 6) is -0.349. The first kappa shape index (κ1) is 9.35. The van der Waals surface area contributed by atoms with Gasteiger partial charge in [-0.05, 0) is 7.05 Å². The normalized spacial score (nSPS) is 9.40. The Balaban J connectivity index is 2.96. The summed E-state index contributed by atoms with van der Waals surface area (Å²) >= 11 is 0. The lowest BCUT2D eigenvalue weighted by molar-refractivity contribution is -0.123. The Morgan fingerprint density at radius 2 is 2.20 bits per heavy atom. The van der Waals surface area contributed by atoms with Gasteiger partial charge < -0.3 is 10.4 Å². The van der Waals surface area contributed by atoms with Crippen LogP contribution in [0.15, 0.2) is 0 Å². The lowest BCUT2D eigenvalue weighted by Crippen LogP contribution is -2.37. The van der Waals surface area contributed by atoms with Crippen LogP contribution in [0.4, 0.5) is 0 Å². The summed E-state index contributed by atoms with van der Waals surface area (Å²) in [5, 5.41) is 10.7. The largest absolute Gasteiger partial charge is 0.387 e. The fraction of sp³-hybridized carbons (Fsp3) is 0.800. The molecule has 0 aromatic rings. The van der Waals surface area contributed by atoms with E-state index in [1.807, 2.05) is 0 Å².